The summed E-state index contributed by atoms with van der Waals surface area (Å²) in [6.07, 6.45) is 1.55. The summed E-state index contributed by atoms with van der Waals surface area (Å²) in [5.74, 6) is 0. The van der Waals surface area contributed by atoms with Crippen LogP contribution in [-0.2, 0) is 11.3 Å². The molecule has 15 heavy (non-hydrogen) atoms. The normalized spacial score (nSPS) is 11.2. The predicted molar refractivity (Wildman–Crippen MR) is 55.4 cm³/mol. The van der Waals surface area contributed by atoms with Crippen LogP contribution in [0.3, 0.4) is 0 Å². The number of ether oxygens (including phenoxy) is 1. The first kappa shape index (κ1) is 11.7. The van der Waals surface area contributed by atoms with Crippen LogP contribution in [0.25, 0.3) is 0 Å². The number of aromatic nitrogens is 1. The van der Waals surface area contributed by atoms with Crippen LogP contribution in [0.1, 0.15) is 4.88 Å². The summed E-state index contributed by atoms with van der Waals surface area (Å²) in [4.78, 5) is 18.5. The number of hydrogen-bond donors (Lipinski definition) is 1. The fourth-order valence-corrected chi connectivity index (χ4v) is 1.63. The first-order chi connectivity index (χ1) is 7.11. The molecule has 1 aromatic heterocycles. The minimum Gasteiger partial charge on any atom is -0.465 e. The third-order valence-electron chi connectivity index (χ3n) is 1.28. The Morgan fingerprint density at radius 3 is 3.13 bits per heavy atom. The zero-order valence-electron chi connectivity index (χ0n) is 7.64. The van der Waals surface area contributed by atoms with E-state index in [1.807, 2.05) is 5.43 Å². The zero-order valence-corrected chi connectivity index (χ0v) is 9.21. The molecule has 0 aliphatic heterocycles. The number of halogens is 1. The summed E-state index contributed by atoms with van der Waals surface area (Å²) in [7, 11) is 1.29. The monoisotopic (exact) mass is 250 g/mol. The number of hydrogen-bond acceptors (Lipinski definition) is 6. The molecule has 0 spiro atoms. The molecule has 1 aromatic rings. The molecule has 0 atom stereocenters. The van der Waals surface area contributed by atoms with Crippen molar-refractivity contribution in [2.75, 3.05) is 7.11 Å². The molecule has 0 aromatic carbocycles. The van der Waals surface area contributed by atoms with Gasteiger partial charge in [-0.3, -0.25) is 0 Å². The van der Waals surface area contributed by atoms with E-state index in [9.17, 15) is 10.1 Å². The molecule has 0 aliphatic carbocycles. The van der Waals surface area contributed by atoms with Gasteiger partial charge in [0.15, 0.2) is 9.50 Å². The molecule has 0 fully saturated rings. The Hall–Kier alpha value is -1.41. The number of rotatable bonds is 3. The molecule has 0 saturated heterocycles. The molecule has 7 nitrogen and oxygen atoms in total. The number of thiazole rings is 1. The van der Waals surface area contributed by atoms with E-state index in [0.29, 0.717) is 4.47 Å². The number of hydrazine groups is 1. The number of nitrogens with zero attached hydrogens (tertiary/aromatic N) is 3. The van der Waals surface area contributed by atoms with E-state index in [0.717, 1.165) is 4.88 Å². The number of amidine groups is 1. The molecule has 0 radical (unpaired) electrons. The summed E-state index contributed by atoms with van der Waals surface area (Å²) in [5, 5.41) is 9.34. The van der Waals surface area contributed by atoms with E-state index in [-0.39, 0.29) is 12.6 Å². The van der Waals surface area contributed by atoms with Crippen LogP contribution < -0.4 is 5.43 Å². The zero-order chi connectivity index (χ0) is 11.3. The first-order valence-electron chi connectivity index (χ1n) is 3.71. The highest BCUT2D eigenvalue weighted by Crippen LogP contribution is 2.18. The van der Waals surface area contributed by atoms with Crippen LogP contribution in [0, 0.1) is 10.1 Å². The van der Waals surface area contributed by atoms with E-state index < -0.39 is 5.03 Å². The van der Waals surface area contributed by atoms with Crippen LogP contribution in [0.2, 0.25) is 4.47 Å². The fourth-order valence-electron chi connectivity index (χ4n) is 0.730. The molecule has 1 N–H and O–H groups in total. The Bertz CT molecular complexity index is 380. The quantitative estimate of drug-likeness (QED) is 0.375. The standard InChI is InChI=1S/C6H7ClN4O3S/c1-14-6(10-11(12)13)9-3-4-2-8-5(7)15-4/h2H,3H2,1H3,(H,9,10). The van der Waals surface area contributed by atoms with Crippen molar-refractivity contribution in [2.24, 2.45) is 4.99 Å². The van der Waals surface area contributed by atoms with E-state index in [2.05, 4.69) is 14.7 Å². The third-order valence-corrected chi connectivity index (χ3v) is 2.38. The Morgan fingerprint density at radius 2 is 2.67 bits per heavy atom. The Labute approximate surface area is 93.9 Å². The van der Waals surface area contributed by atoms with Gasteiger partial charge in [0.25, 0.3) is 0 Å². The molecule has 0 bridgehead atoms. The molecule has 0 aliphatic rings. The summed E-state index contributed by atoms with van der Waals surface area (Å²) in [6, 6.07) is -0.162. The second kappa shape index (κ2) is 5.47. The van der Waals surface area contributed by atoms with E-state index in [1.54, 1.807) is 6.20 Å². The van der Waals surface area contributed by atoms with Gasteiger partial charge in [0.1, 0.15) is 0 Å². The van der Waals surface area contributed by atoms with Gasteiger partial charge in [0, 0.05) is 11.1 Å². The smallest absolute Gasteiger partial charge is 0.344 e. The summed E-state index contributed by atoms with van der Waals surface area (Å²) in [6.45, 7) is 0.231. The van der Waals surface area contributed by atoms with Gasteiger partial charge in [-0.05, 0) is 0 Å². The maximum atomic E-state index is 10.1. The third kappa shape index (κ3) is 4.09. The summed E-state index contributed by atoms with van der Waals surface area (Å²) in [5.41, 5.74) is 1.81. The van der Waals surface area contributed by atoms with Crippen molar-refractivity contribution in [1.29, 1.82) is 0 Å². The number of nitro groups is 1. The van der Waals surface area contributed by atoms with Crippen molar-refractivity contribution >= 4 is 29.0 Å². The van der Waals surface area contributed by atoms with E-state index in [4.69, 9.17) is 11.6 Å². The summed E-state index contributed by atoms with van der Waals surface area (Å²) >= 11 is 6.85. The van der Waals surface area contributed by atoms with Crippen LogP contribution in [0.5, 0.6) is 0 Å². The van der Waals surface area contributed by atoms with Crippen molar-refractivity contribution in [3.63, 3.8) is 0 Å². The highest BCUT2D eigenvalue weighted by atomic mass is 35.5. The van der Waals surface area contributed by atoms with Gasteiger partial charge < -0.3 is 4.74 Å². The van der Waals surface area contributed by atoms with Crippen molar-refractivity contribution in [1.82, 2.24) is 10.4 Å². The van der Waals surface area contributed by atoms with Crippen LogP contribution in [0.4, 0.5) is 0 Å². The van der Waals surface area contributed by atoms with Crippen molar-refractivity contribution in [2.45, 2.75) is 6.54 Å². The van der Waals surface area contributed by atoms with Gasteiger partial charge in [-0.2, -0.15) is 0 Å². The molecule has 0 saturated carbocycles. The predicted octanol–water partition coefficient (Wildman–Crippen LogP) is 1.08. The number of aliphatic imine (C=N–C) groups is 1. The fraction of sp³-hybridized carbons (Fsp3) is 0.333. The van der Waals surface area contributed by atoms with Gasteiger partial charge in [-0.25, -0.2) is 20.1 Å². The highest BCUT2D eigenvalue weighted by Gasteiger charge is 2.05. The minimum atomic E-state index is -0.748. The van der Waals surface area contributed by atoms with Crippen LogP contribution in [0.15, 0.2) is 11.2 Å². The molecular formula is C6H7ClN4O3S. The SMILES string of the molecule is COC(=NCc1cnc(Cl)s1)N[N+](=O)[O-]. The van der Waals surface area contributed by atoms with E-state index >= 15 is 0 Å². The first-order valence-corrected chi connectivity index (χ1v) is 4.91. The van der Waals surface area contributed by atoms with Gasteiger partial charge in [-0.15, -0.1) is 11.3 Å². The lowest BCUT2D eigenvalue weighted by molar-refractivity contribution is -0.527. The van der Waals surface area contributed by atoms with Gasteiger partial charge in [-0.1, -0.05) is 17.0 Å². The molecule has 1 heterocycles. The van der Waals surface area contributed by atoms with Crippen LogP contribution in [-0.4, -0.2) is 23.1 Å². The van der Waals surface area contributed by atoms with Crippen LogP contribution >= 0.6 is 22.9 Å². The van der Waals surface area contributed by atoms with E-state index in [1.165, 1.54) is 18.4 Å². The average Bonchev–Trinajstić information content (AvgIpc) is 2.58. The Kier molecular flexibility index (Phi) is 4.25. The van der Waals surface area contributed by atoms with Gasteiger partial charge in [0.2, 0.25) is 0 Å². The van der Waals surface area contributed by atoms with Crippen molar-refractivity contribution in [3.8, 4) is 0 Å². The number of methoxy groups -OCH3 is 1. The minimum absolute atomic E-state index is 0.162. The second-order valence-corrected chi connectivity index (χ2v) is 3.97. The maximum Gasteiger partial charge on any atom is 0.344 e. The van der Waals surface area contributed by atoms with Crippen molar-refractivity contribution in [3.05, 3.63) is 25.7 Å². The second-order valence-electron chi connectivity index (χ2n) is 2.27. The van der Waals surface area contributed by atoms with Gasteiger partial charge in [0.05, 0.1) is 13.7 Å². The average molecular weight is 251 g/mol. The lowest BCUT2D eigenvalue weighted by Gasteiger charge is -1.99. The molecule has 0 unspecified atom stereocenters. The molecule has 1 rings (SSSR count). The maximum absolute atomic E-state index is 10.1. The summed E-state index contributed by atoms with van der Waals surface area (Å²) < 4.78 is 5.04. The molecule has 0 amide bonds. The molecular weight excluding hydrogens is 244 g/mol. The highest BCUT2D eigenvalue weighted by molar-refractivity contribution is 7.15. The topological polar surface area (TPSA) is 89.7 Å². The van der Waals surface area contributed by atoms with Gasteiger partial charge >= 0.3 is 6.02 Å². The number of nitrogens with one attached hydrogen (secondary N) is 1. The largest absolute Gasteiger partial charge is 0.465 e. The molecule has 82 valence electrons. The van der Waals surface area contributed by atoms with Crippen molar-refractivity contribution < 1.29 is 9.77 Å². The lowest BCUT2D eigenvalue weighted by atomic mass is 10.6. The Balaban J connectivity index is 2.57. The lowest BCUT2D eigenvalue weighted by Crippen LogP contribution is -2.30. The molecule has 9 heteroatoms. The Morgan fingerprint density at radius 1 is 1.93 bits per heavy atom.